The summed E-state index contributed by atoms with van der Waals surface area (Å²) >= 11 is 0. The molecule has 56 valence electrons. The highest BCUT2D eigenvalue weighted by Gasteiger charge is 2.27. The van der Waals surface area contributed by atoms with Crippen LogP contribution in [0.5, 0.6) is 0 Å². The van der Waals surface area contributed by atoms with Crippen LogP contribution in [0.25, 0.3) is 0 Å². The van der Waals surface area contributed by atoms with E-state index < -0.39 is 23.6 Å². The fourth-order valence-corrected chi connectivity index (χ4v) is 0.421. The molecular weight excluding hydrogens is 138 g/mol. The molecule has 6 heteroatoms. The Morgan fingerprint density at radius 1 is 0.800 bits per heavy atom. The molecule has 6 N–H and O–H groups in total. The van der Waals surface area contributed by atoms with E-state index in [4.69, 9.17) is 0 Å². The minimum atomic E-state index is -1.69. The summed E-state index contributed by atoms with van der Waals surface area (Å²) in [5, 5.41) is 0. The van der Waals surface area contributed by atoms with E-state index in [0.717, 1.165) is 0 Å². The Morgan fingerprint density at radius 2 is 1.00 bits per heavy atom. The van der Waals surface area contributed by atoms with Crippen molar-refractivity contribution < 1.29 is 14.4 Å². The van der Waals surface area contributed by atoms with E-state index in [2.05, 4.69) is 17.2 Å². The fourth-order valence-electron chi connectivity index (χ4n) is 0.421. The lowest BCUT2D eigenvalue weighted by molar-refractivity contribution is -0.138. The molecular formula is C4H7N3O3. The van der Waals surface area contributed by atoms with E-state index in [9.17, 15) is 14.4 Å². The van der Waals surface area contributed by atoms with Crippen molar-refractivity contribution in [3.8, 4) is 0 Å². The van der Waals surface area contributed by atoms with Crippen molar-refractivity contribution in [2.45, 2.75) is 0 Å². The van der Waals surface area contributed by atoms with Crippen LogP contribution in [0.1, 0.15) is 0 Å². The zero-order valence-electron chi connectivity index (χ0n) is 5.03. The second-order valence-electron chi connectivity index (χ2n) is 1.64. The molecule has 0 aromatic rings. The van der Waals surface area contributed by atoms with Crippen LogP contribution in [0.2, 0.25) is 0 Å². The van der Waals surface area contributed by atoms with Crippen LogP contribution in [0, 0.1) is 5.92 Å². The fraction of sp³-hybridized carbons (Fsp3) is 0.250. The van der Waals surface area contributed by atoms with Crippen LogP contribution < -0.4 is 17.2 Å². The number of hydrogen-bond donors (Lipinski definition) is 3. The highest BCUT2D eigenvalue weighted by atomic mass is 16.2. The first-order valence-corrected chi connectivity index (χ1v) is 2.34. The van der Waals surface area contributed by atoms with Crippen LogP contribution in [-0.2, 0) is 14.4 Å². The predicted octanol–water partition coefficient (Wildman–Crippen LogP) is -2.94. The van der Waals surface area contributed by atoms with Gasteiger partial charge in [-0.1, -0.05) is 0 Å². The highest BCUT2D eigenvalue weighted by molar-refractivity contribution is 6.16. The molecule has 0 heterocycles. The maximum atomic E-state index is 10.2. The monoisotopic (exact) mass is 145 g/mol. The van der Waals surface area contributed by atoms with Crippen LogP contribution in [-0.4, -0.2) is 17.7 Å². The first-order valence-electron chi connectivity index (χ1n) is 2.34. The van der Waals surface area contributed by atoms with Gasteiger partial charge in [0.15, 0.2) is 5.92 Å². The number of primary amides is 3. The molecule has 3 amide bonds. The van der Waals surface area contributed by atoms with Gasteiger partial charge >= 0.3 is 0 Å². The second kappa shape index (κ2) is 2.81. The van der Waals surface area contributed by atoms with Gasteiger partial charge in [0.05, 0.1) is 0 Å². The van der Waals surface area contributed by atoms with Crippen molar-refractivity contribution in [2.24, 2.45) is 23.1 Å². The third-order valence-corrected chi connectivity index (χ3v) is 0.854. The molecule has 0 bridgehead atoms. The second-order valence-corrected chi connectivity index (χ2v) is 1.64. The Labute approximate surface area is 56.3 Å². The summed E-state index contributed by atoms with van der Waals surface area (Å²) in [6, 6.07) is 0. The van der Waals surface area contributed by atoms with Gasteiger partial charge in [-0.2, -0.15) is 0 Å². The Morgan fingerprint density at radius 3 is 1.00 bits per heavy atom. The normalized spacial score (nSPS) is 9.30. The molecule has 0 aromatic heterocycles. The maximum absolute atomic E-state index is 10.2. The number of carbonyl (C=O) groups is 3. The number of hydrogen-bond acceptors (Lipinski definition) is 3. The molecule has 0 saturated heterocycles. The van der Waals surface area contributed by atoms with Gasteiger partial charge in [-0.15, -0.1) is 0 Å². The minimum Gasteiger partial charge on any atom is -0.369 e. The van der Waals surface area contributed by atoms with Gasteiger partial charge in [0, 0.05) is 0 Å². The minimum absolute atomic E-state index is 1.12. The zero-order chi connectivity index (χ0) is 8.31. The van der Waals surface area contributed by atoms with Crippen molar-refractivity contribution in [1.82, 2.24) is 0 Å². The van der Waals surface area contributed by atoms with E-state index in [0.29, 0.717) is 0 Å². The third-order valence-electron chi connectivity index (χ3n) is 0.854. The summed E-state index contributed by atoms with van der Waals surface area (Å²) in [6.07, 6.45) is 0. The number of carbonyl (C=O) groups excluding carboxylic acids is 3. The van der Waals surface area contributed by atoms with Crippen LogP contribution in [0.4, 0.5) is 0 Å². The largest absolute Gasteiger partial charge is 0.369 e. The standard InChI is InChI=1S/C4H7N3O3/c5-2(8)1(3(6)9)4(7)10/h1H,(H2,5,8)(H2,6,9)(H2,7,10). The quantitative estimate of drug-likeness (QED) is 0.367. The van der Waals surface area contributed by atoms with Crippen LogP contribution >= 0.6 is 0 Å². The molecule has 0 aliphatic rings. The van der Waals surface area contributed by atoms with Gasteiger partial charge in [-0.3, -0.25) is 14.4 Å². The zero-order valence-corrected chi connectivity index (χ0v) is 5.03. The summed E-state index contributed by atoms with van der Waals surface area (Å²) < 4.78 is 0. The van der Waals surface area contributed by atoms with Gasteiger partial charge in [-0.25, -0.2) is 0 Å². The number of nitrogens with two attached hydrogens (primary N) is 3. The Hall–Kier alpha value is -1.59. The summed E-state index contributed by atoms with van der Waals surface area (Å²) in [6.45, 7) is 0. The first kappa shape index (κ1) is 8.41. The predicted molar refractivity (Wildman–Crippen MR) is 31.1 cm³/mol. The van der Waals surface area contributed by atoms with Crippen LogP contribution in [0.15, 0.2) is 0 Å². The number of rotatable bonds is 3. The molecule has 10 heavy (non-hydrogen) atoms. The average molecular weight is 145 g/mol. The Balaban J connectivity index is 4.43. The van der Waals surface area contributed by atoms with Gasteiger partial charge in [0.25, 0.3) is 0 Å². The van der Waals surface area contributed by atoms with Crippen molar-refractivity contribution in [2.75, 3.05) is 0 Å². The lowest BCUT2D eigenvalue weighted by Crippen LogP contribution is -2.43. The van der Waals surface area contributed by atoms with Gasteiger partial charge in [-0.05, 0) is 0 Å². The molecule has 6 nitrogen and oxygen atoms in total. The first-order chi connectivity index (χ1) is 4.46. The van der Waals surface area contributed by atoms with E-state index in [1.165, 1.54) is 0 Å². The average Bonchev–Trinajstić information content (AvgIpc) is 1.59. The van der Waals surface area contributed by atoms with E-state index >= 15 is 0 Å². The summed E-state index contributed by atoms with van der Waals surface area (Å²) in [5.74, 6) is -5.07. The van der Waals surface area contributed by atoms with E-state index in [-0.39, 0.29) is 0 Å². The summed E-state index contributed by atoms with van der Waals surface area (Å²) in [4.78, 5) is 30.6. The van der Waals surface area contributed by atoms with Gasteiger partial charge in [0.1, 0.15) is 0 Å². The third kappa shape index (κ3) is 1.73. The molecule has 0 spiro atoms. The molecule has 0 aliphatic heterocycles. The van der Waals surface area contributed by atoms with Crippen molar-refractivity contribution in [1.29, 1.82) is 0 Å². The van der Waals surface area contributed by atoms with Crippen LogP contribution in [0.3, 0.4) is 0 Å². The van der Waals surface area contributed by atoms with Gasteiger partial charge in [0.2, 0.25) is 17.7 Å². The molecule has 0 radical (unpaired) electrons. The maximum Gasteiger partial charge on any atom is 0.239 e. The molecule has 0 unspecified atom stereocenters. The molecule has 0 aliphatic carbocycles. The lowest BCUT2D eigenvalue weighted by Gasteiger charge is -2.01. The van der Waals surface area contributed by atoms with E-state index in [1.54, 1.807) is 0 Å². The Kier molecular flexibility index (Phi) is 2.36. The van der Waals surface area contributed by atoms with Gasteiger partial charge < -0.3 is 17.2 Å². The Bertz CT molecular complexity index is 155. The van der Waals surface area contributed by atoms with Crippen molar-refractivity contribution >= 4 is 17.7 Å². The van der Waals surface area contributed by atoms with E-state index in [1.807, 2.05) is 0 Å². The summed E-state index contributed by atoms with van der Waals surface area (Å²) in [5.41, 5.74) is 13.8. The highest BCUT2D eigenvalue weighted by Crippen LogP contribution is 1.90. The molecule has 0 rings (SSSR count). The summed E-state index contributed by atoms with van der Waals surface area (Å²) in [7, 11) is 0. The topological polar surface area (TPSA) is 129 Å². The molecule has 0 fully saturated rings. The lowest BCUT2D eigenvalue weighted by atomic mass is 10.1. The number of amides is 3. The molecule has 0 saturated carbocycles. The van der Waals surface area contributed by atoms with Crippen molar-refractivity contribution in [3.05, 3.63) is 0 Å². The molecule has 0 atom stereocenters. The van der Waals surface area contributed by atoms with Crippen molar-refractivity contribution in [3.63, 3.8) is 0 Å². The smallest absolute Gasteiger partial charge is 0.239 e. The molecule has 0 aromatic carbocycles. The SMILES string of the molecule is NC(=O)C(C(N)=O)C(N)=O.